The first kappa shape index (κ1) is 22.2. The van der Waals surface area contributed by atoms with E-state index in [4.69, 9.17) is 18.6 Å². The largest absolute Gasteiger partial charge is 0.493 e. The number of rotatable bonds is 8. The van der Waals surface area contributed by atoms with Crippen molar-refractivity contribution in [1.82, 2.24) is 0 Å². The molecule has 31 heavy (non-hydrogen) atoms. The van der Waals surface area contributed by atoms with Gasteiger partial charge in [-0.2, -0.15) is 0 Å². The van der Waals surface area contributed by atoms with Crippen LogP contribution in [0.3, 0.4) is 0 Å². The van der Waals surface area contributed by atoms with Crippen LogP contribution >= 0.6 is 0 Å². The van der Waals surface area contributed by atoms with Gasteiger partial charge in [-0.3, -0.25) is 0 Å². The summed E-state index contributed by atoms with van der Waals surface area (Å²) in [7, 11) is 1.60. The van der Waals surface area contributed by atoms with E-state index in [1.165, 1.54) is 0 Å². The van der Waals surface area contributed by atoms with Gasteiger partial charge in [0.15, 0.2) is 11.3 Å². The smallest absolute Gasteiger partial charge is 0.338 e. The van der Waals surface area contributed by atoms with Gasteiger partial charge in [-0.1, -0.05) is 19.2 Å². The van der Waals surface area contributed by atoms with E-state index in [-0.39, 0.29) is 0 Å². The van der Waals surface area contributed by atoms with E-state index in [2.05, 4.69) is 13.2 Å². The Kier molecular flexibility index (Phi) is 6.49. The minimum absolute atomic E-state index is 0.295. The van der Waals surface area contributed by atoms with Crippen molar-refractivity contribution in [2.45, 2.75) is 33.6 Å². The molecular weight excluding hydrogens is 396 g/mol. The van der Waals surface area contributed by atoms with Crippen molar-refractivity contribution in [3.63, 3.8) is 0 Å². The van der Waals surface area contributed by atoms with Gasteiger partial charge in [-0.15, -0.1) is 0 Å². The molecule has 6 nitrogen and oxygen atoms in total. The van der Waals surface area contributed by atoms with Gasteiger partial charge in [-0.25, -0.2) is 9.59 Å². The molecule has 0 aliphatic rings. The monoisotopic (exact) mass is 422 g/mol. The minimum Gasteiger partial charge on any atom is -0.493 e. The summed E-state index contributed by atoms with van der Waals surface area (Å²) in [6.07, 6.45) is 1.29. The highest BCUT2D eigenvalue weighted by Crippen LogP contribution is 2.40. The standard InChI is InChI=1S/C25H26O6/c1-14(2)24(26)29-13-7-8-17-9-10-19-18-11-12-20(30-25(27)15(3)4)16(5)21(18)31-23(19)22(17)28-6/h9-12H,1,3,7-8,13H2,2,4-6H3. The minimum atomic E-state index is -0.481. The first-order valence-corrected chi connectivity index (χ1v) is 9.96. The van der Waals surface area contributed by atoms with Crippen LogP contribution in [-0.4, -0.2) is 25.7 Å². The summed E-state index contributed by atoms with van der Waals surface area (Å²) in [5, 5.41) is 1.81. The predicted octanol–water partition coefficient (Wildman–Crippen LogP) is 5.44. The number of fused-ring (bicyclic) bond motifs is 3. The number of carbonyl (C=O) groups is 2. The molecule has 0 saturated heterocycles. The average Bonchev–Trinajstić information content (AvgIpc) is 3.11. The first-order chi connectivity index (χ1) is 14.7. The molecule has 0 aliphatic heterocycles. The quantitative estimate of drug-likeness (QED) is 0.208. The van der Waals surface area contributed by atoms with Crippen molar-refractivity contribution >= 4 is 33.9 Å². The summed E-state index contributed by atoms with van der Waals surface area (Å²) in [5.74, 6) is 0.196. The molecule has 0 radical (unpaired) electrons. The fourth-order valence-corrected chi connectivity index (χ4v) is 3.31. The second kappa shape index (κ2) is 9.08. The number of aryl methyl sites for hydroxylation is 2. The number of carbonyl (C=O) groups excluding carboxylic acids is 2. The molecule has 1 aromatic heterocycles. The van der Waals surface area contributed by atoms with Gasteiger partial charge >= 0.3 is 11.9 Å². The molecule has 2 aromatic carbocycles. The Labute approximate surface area is 181 Å². The molecule has 0 amide bonds. The van der Waals surface area contributed by atoms with Gasteiger partial charge in [-0.05, 0) is 57.4 Å². The van der Waals surface area contributed by atoms with E-state index in [1.54, 1.807) is 27.0 Å². The van der Waals surface area contributed by atoms with Crippen molar-refractivity contribution in [2.24, 2.45) is 0 Å². The van der Waals surface area contributed by atoms with E-state index in [9.17, 15) is 9.59 Å². The van der Waals surface area contributed by atoms with Crippen molar-refractivity contribution < 1.29 is 28.2 Å². The van der Waals surface area contributed by atoms with Crippen LogP contribution in [0.5, 0.6) is 11.5 Å². The Morgan fingerprint density at radius 3 is 2.26 bits per heavy atom. The van der Waals surface area contributed by atoms with E-state index >= 15 is 0 Å². The number of hydrogen-bond acceptors (Lipinski definition) is 6. The third kappa shape index (κ3) is 4.48. The molecule has 0 atom stereocenters. The molecule has 0 unspecified atom stereocenters. The molecule has 6 heteroatoms. The van der Waals surface area contributed by atoms with Crippen LogP contribution in [0.15, 0.2) is 53.0 Å². The summed E-state index contributed by atoms with van der Waals surface area (Å²) in [6, 6.07) is 7.59. The lowest BCUT2D eigenvalue weighted by Crippen LogP contribution is -2.08. The maximum Gasteiger partial charge on any atom is 0.338 e. The molecule has 0 N–H and O–H groups in total. The van der Waals surface area contributed by atoms with Gasteiger partial charge in [0, 0.05) is 27.5 Å². The zero-order valence-electron chi connectivity index (χ0n) is 18.3. The Morgan fingerprint density at radius 2 is 1.61 bits per heavy atom. The zero-order chi connectivity index (χ0) is 22.7. The molecular formula is C25H26O6. The van der Waals surface area contributed by atoms with Crippen LogP contribution in [0.25, 0.3) is 21.9 Å². The summed E-state index contributed by atoms with van der Waals surface area (Å²) >= 11 is 0. The normalized spacial score (nSPS) is 10.8. The summed E-state index contributed by atoms with van der Waals surface area (Å²) < 4.78 is 22.4. The lowest BCUT2D eigenvalue weighted by Gasteiger charge is -2.09. The third-order valence-corrected chi connectivity index (χ3v) is 4.97. The van der Waals surface area contributed by atoms with Crippen molar-refractivity contribution in [2.75, 3.05) is 13.7 Å². The van der Waals surface area contributed by atoms with Crippen LogP contribution < -0.4 is 9.47 Å². The fraction of sp³-hybridized carbons (Fsp3) is 0.280. The second-order valence-corrected chi connectivity index (χ2v) is 7.49. The maximum atomic E-state index is 11.9. The van der Waals surface area contributed by atoms with Crippen LogP contribution in [0.2, 0.25) is 0 Å². The van der Waals surface area contributed by atoms with Crippen LogP contribution in [0.1, 0.15) is 31.4 Å². The molecule has 0 saturated carbocycles. The van der Waals surface area contributed by atoms with E-state index in [0.717, 1.165) is 21.9 Å². The second-order valence-electron chi connectivity index (χ2n) is 7.49. The van der Waals surface area contributed by atoms with E-state index < -0.39 is 11.9 Å². The Hall–Kier alpha value is -3.54. The summed E-state index contributed by atoms with van der Waals surface area (Å²) in [6.45, 7) is 12.5. The maximum absolute atomic E-state index is 11.9. The highest BCUT2D eigenvalue weighted by atomic mass is 16.5. The Bertz CT molecular complexity index is 1200. The number of furan rings is 1. The Balaban J connectivity index is 1.92. The number of esters is 2. The topological polar surface area (TPSA) is 75.0 Å². The highest BCUT2D eigenvalue weighted by molar-refractivity contribution is 6.08. The van der Waals surface area contributed by atoms with Crippen molar-refractivity contribution in [1.29, 1.82) is 0 Å². The van der Waals surface area contributed by atoms with Crippen molar-refractivity contribution in [3.8, 4) is 11.5 Å². The zero-order valence-corrected chi connectivity index (χ0v) is 18.3. The summed E-state index contributed by atoms with van der Waals surface area (Å²) in [4.78, 5) is 23.4. The first-order valence-electron chi connectivity index (χ1n) is 9.96. The van der Waals surface area contributed by atoms with Gasteiger partial charge in [0.25, 0.3) is 0 Å². The van der Waals surface area contributed by atoms with Crippen LogP contribution in [0, 0.1) is 6.92 Å². The number of methoxy groups -OCH3 is 1. The molecule has 1 heterocycles. The molecule has 162 valence electrons. The average molecular weight is 422 g/mol. The van der Waals surface area contributed by atoms with Gasteiger partial charge in [0.05, 0.1) is 13.7 Å². The van der Waals surface area contributed by atoms with Gasteiger partial charge in [0.2, 0.25) is 0 Å². The SMILES string of the molecule is C=C(C)C(=O)OCCCc1ccc2c(oc3c(C)c(OC(=O)C(=C)C)ccc32)c1OC. The lowest BCUT2D eigenvalue weighted by atomic mass is 10.0. The molecule has 3 rings (SSSR count). The van der Waals surface area contributed by atoms with Crippen molar-refractivity contribution in [3.05, 3.63) is 59.7 Å². The predicted molar refractivity (Wildman–Crippen MR) is 120 cm³/mol. The fourth-order valence-electron chi connectivity index (χ4n) is 3.31. The van der Waals surface area contributed by atoms with E-state index in [1.807, 2.05) is 25.1 Å². The molecule has 0 bridgehead atoms. The molecule has 3 aromatic rings. The number of benzene rings is 2. The third-order valence-electron chi connectivity index (χ3n) is 4.97. The summed E-state index contributed by atoms with van der Waals surface area (Å²) in [5.41, 5.74) is 3.63. The van der Waals surface area contributed by atoms with Gasteiger partial charge in [0.1, 0.15) is 11.3 Å². The van der Waals surface area contributed by atoms with Crippen LogP contribution in [0.4, 0.5) is 0 Å². The molecule has 0 spiro atoms. The molecule has 0 aliphatic carbocycles. The number of ether oxygens (including phenoxy) is 3. The lowest BCUT2D eigenvalue weighted by molar-refractivity contribution is -0.139. The van der Waals surface area contributed by atoms with E-state index in [0.29, 0.717) is 53.3 Å². The molecule has 0 fully saturated rings. The van der Waals surface area contributed by atoms with Gasteiger partial charge < -0.3 is 18.6 Å². The number of hydrogen-bond donors (Lipinski definition) is 0. The Morgan fingerprint density at radius 1 is 0.968 bits per heavy atom. The highest BCUT2D eigenvalue weighted by Gasteiger charge is 2.19. The van der Waals surface area contributed by atoms with Crippen LogP contribution in [-0.2, 0) is 20.7 Å².